The van der Waals surface area contributed by atoms with Crippen LogP contribution in [0.3, 0.4) is 0 Å². The highest BCUT2D eigenvalue weighted by Crippen LogP contribution is 2.42. The van der Waals surface area contributed by atoms with Crippen LogP contribution >= 0.6 is 0 Å². The molecule has 2 aromatic carbocycles. The number of benzene rings is 2. The minimum atomic E-state index is -0.266. The number of hydrogen-bond acceptors (Lipinski definition) is 4. The number of carbonyl (C=O) groups excluding carboxylic acids is 1. The van der Waals surface area contributed by atoms with Gasteiger partial charge in [-0.2, -0.15) is 0 Å². The molecule has 0 aliphatic carbocycles. The number of aromatic amines is 1. The summed E-state index contributed by atoms with van der Waals surface area (Å²) in [6.45, 7) is 0.823. The molecule has 144 valence electrons. The van der Waals surface area contributed by atoms with Gasteiger partial charge in [0, 0.05) is 23.1 Å². The van der Waals surface area contributed by atoms with Crippen LogP contribution in [0.15, 0.2) is 65.3 Å². The van der Waals surface area contributed by atoms with Crippen LogP contribution < -0.4 is 9.47 Å². The summed E-state index contributed by atoms with van der Waals surface area (Å²) in [6, 6.07) is 17.3. The number of nitrogens with zero attached hydrogens (tertiary/aromatic N) is 1. The summed E-state index contributed by atoms with van der Waals surface area (Å²) in [5.74, 6) is 1.65. The maximum atomic E-state index is 13.3. The molecule has 0 saturated carbocycles. The molecule has 6 nitrogen and oxygen atoms in total. The predicted molar refractivity (Wildman–Crippen MR) is 106 cm³/mol. The Morgan fingerprint density at radius 2 is 1.93 bits per heavy atom. The molecule has 6 rings (SSSR count). The first-order chi connectivity index (χ1) is 14.3. The van der Waals surface area contributed by atoms with E-state index < -0.39 is 0 Å². The molecule has 2 aliphatic heterocycles. The Morgan fingerprint density at radius 3 is 2.83 bits per heavy atom. The van der Waals surface area contributed by atoms with E-state index in [4.69, 9.17) is 13.9 Å². The summed E-state index contributed by atoms with van der Waals surface area (Å²) in [7, 11) is 0. The average Bonchev–Trinajstić information content (AvgIpc) is 3.51. The van der Waals surface area contributed by atoms with Gasteiger partial charge in [0.1, 0.15) is 0 Å². The minimum Gasteiger partial charge on any atom is -0.459 e. The third-order valence-corrected chi connectivity index (χ3v) is 5.74. The van der Waals surface area contributed by atoms with Crippen LogP contribution in [0.25, 0.3) is 10.9 Å². The fourth-order valence-electron chi connectivity index (χ4n) is 4.43. The van der Waals surface area contributed by atoms with E-state index in [-0.39, 0.29) is 18.7 Å². The normalized spacial score (nSPS) is 17.5. The molecule has 0 saturated heterocycles. The molecular formula is C23H18N2O4. The molecule has 0 bridgehead atoms. The van der Waals surface area contributed by atoms with Crippen molar-refractivity contribution in [3.8, 4) is 11.5 Å². The quantitative estimate of drug-likeness (QED) is 0.558. The minimum absolute atomic E-state index is 0.123. The first kappa shape index (κ1) is 16.3. The SMILES string of the molecule is O=C(c1ccco1)N1CCc2c([nH]c3ccccc23)C1c1ccc2c(c1)OCO2. The van der Waals surface area contributed by atoms with Gasteiger partial charge in [0.15, 0.2) is 17.3 Å². The predicted octanol–water partition coefficient (Wildman–Crippen LogP) is 4.28. The summed E-state index contributed by atoms with van der Waals surface area (Å²) in [4.78, 5) is 18.7. The molecule has 1 atom stereocenters. The lowest BCUT2D eigenvalue weighted by molar-refractivity contribution is 0.0659. The van der Waals surface area contributed by atoms with Gasteiger partial charge in [-0.15, -0.1) is 0 Å². The van der Waals surface area contributed by atoms with Crippen LogP contribution in [0.4, 0.5) is 0 Å². The Hall–Kier alpha value is -3.67. The van der Waals surface area contributed by atoms with E-state index in [9.17, 15) is 4.79 Å². The number of carbonyl (C=O) groups is 1. The Morgan fingerprint density at radius 1 is 1.03 bits per heavy atom. The van der Waals surface area contributed by atoms with E-state index in [1.54, 1.807) is 12.1 Å². The number of rotatable bonds is 2. The van der Waals surface area contributed by atoms with E-state index >= 15 is 0 Å². The molecule has 1 N–H and O–H groups in total. The summed E-state index contributed by atoms with van der Waals surface area (Å²) in [5, 5.41) is 1.21. The molecule has 0 fully saturated rings. The Balaban J connectivity index is 1.53. The molecule has 2 aromatic heterocycles. The molecule has 2 aliphatic rings. The topological polar surface area (TPSA) is 67.7 Å². The molecule has 4 heterocycles. The van der Waals surface area contributed by atoms with Crippen LogP contribution in [-0.2, 0) is 6.42 Å². The number of nitrogens with one attached hydrogen (secondary N) is 1. The summed E-state index contributed by atoms with van der Waals surface area (Å²) in [6.07, 6.45) is 2.31. The third-order valence-electron chi connectivity index (χ3n) is 5.74. The highest BCUT2D eigenvalue weighted by atomic mass is 16.7. The molecule has 1 unspecified atom stereocenters. The van der Waals surface area contributed by atoms with E-state index in [1.165, 1.54) is 17.2 Å². The number of fused-ring (bicyclic) bond motifs is 4. The molecular weight excluding hydrogens is 368 g/mol. The smallest absolute Gasteiger partial charge is 0.290 e. The fraction of sp³-hybridized carbons (Fsp3) is 0.174. The average molecular weight is 386 g/mol. The molecule has 6 heteroatoms. The monoisotopic (exact) mass is 386 g/mol. The highest BCUT2D eigenvalue weighted by Gasteiger charge is 2.36. The lowest BCUT2D eigenvalue weighted by Gasteiger charge is -2.35. The molecule has 0 spiro atoms. The Labute approximate surface area is 166 Å². The van der Waals surface area contributed by atoms with Crippen molar-refractivity contribution in [2.75, 3.05) is 13.3 Å². The number of ether oxygens (including phenoxy) is 2. The van der Waals surface area contributed by atoms with Gasteiger partial charge in [-0.1, -0.05) is 24.3 Å². The zero-order valence-electron chi connectivity index (χ0n) is 15.6. The molecule has 4 aromatic rings. The maximum Gasteiger partial charge on any atom is 0.290 e. The van der Waals surface area contributed by atoms with Crippen molar-refractivity contribution in [2.24, 2.45) is 0 Å². The highest BCUT2D eigenvalue weighted by molar-refractivity contribution is 5.93. The van der Waals surface area contributed by atoms with Crippen LogP contribution in [-0.4, -0.2) is 29.1 Å². The molecule has 1 amide bonds. The van der Waals surface area contributed by atoms with Gasteiger partial charge in [-0.05, 0) is 47.9 Å². The van der Waals surface area contributed by atoms with E-state index in [1.807, 2.05) is 35.2 Å². The summed E-state index contributed by atoms with van der Waals surface area (Å²) < 4.78 is 16.5. The zero-order valence-corrected chi connectivity index (χ0v) is 15.6. The first-order valence-corrected chi connectivity index (χ1v) is 9.63. The number of amides is 1. The van der Waals surface area contributed by atoms with Crippen LogP contribution in [0.2, 0.25) is 0 Å². The maximum absolute atomic E-state index is 13.3. The number of para-hydroxylation sites is 1. The van der Waals surface area contributed by atoms with E-state index in [2.05, 4.69) is 17.1 Å². The van der Waals surface area contributed by atoms with Gasteiger partial charge in [0.2, 0.25) is 6.79 Å². The zero-order chi connectivity index (χ0) is 19.4. The van der Waals surface area contributed by atoms with Crippen LogP contribution in [0.5, 0.6) is 11.5 Å². The third kappa shape index (κ3) is 2.45. The van der Waals surface area contributed by atoms with Crippen molar-refractivity contribution in [3.63, 3.8) is 0 Å². The lowest BCUT2D eigenvalue weighted by atomic mass is 9.92. The van der Waals surface area contributed by atoms with Gasteiger partial charge >= 0.3 is 0 Å². The van der Waals surface area contributed by atoms with Gasteiger partial charge in [0.05, 0.1) is 12.3 Å². The van der Waals surface area contributed by atoms with Crippen molar-refractivity contribution < 1.29 is 18.7 Å². The molecule has 0 radical (unpaired) electrons. The summed E-state index contributed by atoms with van der Waals surface area (Å²) in [5.41, 5.74) is 4.35. The first-order valence-electron chi connectivity index (χ1n) is 9.63. The van der Waals surface area contributed by atoms with E-state index in [0.29, 0.717) is 18.1 Å². The number of hydrogen-bond donors (Lipinski definition) is 1. The standard InChI is InChI=1S/C23H18N2O4/c26-23(19-6-3-11-27-19)25-10-9-16-15-4-1-2-5-17(15)24-21(16)22(25)14-7-8-18-20(12-14)29-13-28-18/h1-8,11-12,22,24H,9-10,13H2. The van der Waals surface area contributed by atoms with Gasteiger partial charge in [0.25, 0.3) is 5.91 Å². The van der Waals surface area contributed by atoms with Gasteiger partial charge < -0.3 is 23.8 Å². The lowest BCUT2D eigenvalue weighted by Crippen LogP contribution is -2.40. The Kier molecular flexibility index (Phi) is 3.47. The largest absolute Gasteiger partial charge is 0.459 e. The van der Waals surface area contributed by atoms with Crippen molar-refractivity contribution in [2.45, 2.75) is 12.5 Å². The van der Waals surface area contributed by atoms with Crippen molar-refractivity contribution in [1.82, 2.24) is 9.88 Å². The second-order valence-corrected chi connectivity index (χ2v) is 7.30. The summed E-state index contributed by atoms with van der Waals surface area (Å²) >= 11 is 0. The van der Waals surface area contributed by atoms with Crippen molar-refractivity contribution in [3.05, 3.63) is 83.4 Å². The van der Waals surface area contributed by atoms with Gasteiger partial charge in [-0.3, -0.25) is 4.79 Å². The molecule has 29 heavy (non-hydrogen) atoms. The fourth-order valence-corrected chi connectivity index (χ4v) is 4.43. The van der Waals surface area contributed by atoms with E-state index in [0.717, 1.165) is 28.9 Å². The van der Waals surface area contributed by atoms with Crippen molar-refractivity contribution in [1.29, 1.82) is 0 Å². The van der Waals surface area contributed by atoms with Crippen LogP contribution in [0.1, 0.15) is 33.4 Å². The van der Waals surface area contributed by atoms with Crippen LogP contribution in [0, 0.1) is 0 Å². The Bertz CT molecular complexity index is 1230. The number of H-pyrrole nitrogens is 1. The van der Waals surface area contributed by atoms with Crippen molar-refractivity contribution >= 4 is 16.8 Å². The number of aromatic nitrogens is 1. The van der Waals surface area contributed by atoms with Gasteiger partial charge in [-0.25, -0.2) is 0 Å². The second-order valence-electron chi connectivity index (χ2n) is 7.30. The second kappa shape index (κ2) is 6.17. The number of furan rings is 1.